The molecule has 0 N–H and O–H groups in total. The Bertz CT molecular complexity index is 378. The number of hydrogen-bond acceptors (Lipinski definition) is 2. The quantitative estimate of drug-likeness (QED) is 0.705. The average molecular weight is 204 g/mol. The van der Waals surface area contributed by atoms with Crippen molar-refractivity contribution in [3.8, 4) is 5.75 Å². The van der Waals surface area contributed by atoms with Crippen molar-refractivity contribution in [2.75, 3.05) is 7.11 Å². The zero-order chi connectivity index (χ0) is 10.8. The van der Waals surface area contributed by atoms with Gasteiger partial charge in [-0.2, -0.15) is 0 Å². The van der Waals surface area contributed by atoms with Gasteiger partial charge in [-0.15, -0.1) is 0 Å². The Morgan fingerprint density at radius 1 is 1.47 bits per heavy atom. The summed E-state index contributed by atoms with van der Waals surface area (Å²) in [5, 5.41) is 0. The molecule has 0 aliphatic heterocycles. The van der Waals surface area contributed by atoms with E-state index in [-0.39, 0.29) is 0 Å². The van der Waals surface area contributed by atoms with Gasteiger partial charge in [0.2, 0.25) is 0 Å². The van der Waals surface area contributed by atoms with Crippen LogP contribution in [-0.4, -0.2) is 12.9 Å². The highest BCUT2D eigenvalue weighted by Gasteiger charge is 2.31. The fraction of sp³-hybridized carbons (Fsp3) is 0.462. The number of carbonyl (C=O) groups excluding carboxylic acids is 1. The highest BCUT2D eigenvalue weighted by Crippen LogP contribution is 2.34. The Hall–Kier alpha value is -1.31. The first-order valence-electron chi connectivity index (χ1n) is 5.47. The summed E-state index contributed by atoms with van der Waals surface area (Å²) in [6.45, 7) is 2.07. The summed E-state index contributed by atoms with van der Waals surface area (Å²) in [7, 11) is 1.65. The third-order valence-corrected chi connectivity index (χ3v) is 2.91. The zero-order valence-corrected chi connectivity index (χ0v) is 9.25. The predicted molar refractivity (Wildman–Crippen MR) is 59.4 cm³/mol. The Kier molecular flexibility index (Phi) is 2.76. The van der Waals surface area contributed by atoms with Crippen LogP contribution in [0.2, 0.25) is 0 Å². The highest BCUT2D eigenvalue weighted by atomic mass is 16.5. The number of hydrogen-bond donors (Lipinski definition) is 0. The van der Waals surface area contributed by atoms with Gasteiger partial charge in [0.25, 0.3) is 0 Å². The standard InChI is InChI=1S/C13H16O2/c1-3-9-8-11(15-2)6-7-12(9)13(14)10-4-5-10/h6-8,10H,3-5H2,1-2H3. The van der Waals surface area contributed by atoms with E-state index in [0.29, 0.717) is 11.7 Å². The van der Waals surface area contributed by atoms with Crippen molar-refractivity contribution in [2.45, 2.75) is 26.2 Å². The molecule has 0 heterocycles. The third-order valence-electron chi connectivity index (χ3n) is 2.91. The number of Topliss-reactive ketones (excluding diaryl/α,β-unsaturated/α-hetero) is 1. The van der Waals surface area contributed by atoms with Crippen LogP contribution in [0.4, 0.5) is 0 Å². The van der Waals surface area contributed by atoms with Crippen LogP contribution in [0.5, 0.6) is 5.75 Å². The van der Waals surface area contributed by atoms with Gasteiger partial charge < -0.3 is 4.74 Å². The molecule has 0 unspecified atom stereocenters. The molecule has 2 nitrogen and oxygen atoms in total. The molecule has 0 spiro atoms. The molecule has 0 saturated heterocycles. The largest absolute Gasteiger partial charge is 0.497 e. The van der Waals surface area contributed by atoms with Gasteiger partial charge in [0.05, 0.1) is 7.11 Å². The molecule has 0 atom stereocenters. The van der Waals surface area contributed by atoms with Crippen LogP contribution in [0.25, 0.3) is 0 Å². The molecule has 1 aliphatic carbocycles. The SMILES string of the molecule is CCc1cc(OC)ccc1C(=O)C1CC1. The van der Waals surface area contributed by atoms with Crippen molar-refractivity contribution < 1.29 is 9.53 Å². The van der Waals surface area contributed by atoms with E-state index in [2.05, 4.69) is 6.92 Å². The van der Waals surface area contributed by atoms with Gasteiger partial charge in [-0.05, 0) is 43.0 Å². The lowest BCUT2D eigenvalue weighted by molar-refractivity contribution is 0.0966. The number of rotatable bonds is 4. The predicted octanol–water partition coefficient (Wildman–Crippen LogP) is 2.85. The molecular weight excluding hydrogens is 188 g/mol. The van der Waals surface area contributed by atoms with Gasteiger partial charge in [0.15, 0.2) is 5.78 Å². The highest BCUT2D eigenvalue weighted by molar-refractivity contribution is 6.00. The zero-order valence-electron chi connectivity index (χ0n) is 9.25. The second kappa shape index (κ2) is 4.05. The third kappa shape index (κ3) is 2.04. The van der Waals surface area contributed by atoms with E-state index in [1.807, 2.05) is 18.2 Å². The lowest BCUT2D eigenvalue weighted by atomic mass is 9.99. The Labute approximate surface area is 90.3 Å². The Balaban J connectivity index is 2.33. The molecule has 1 aromatic carbocycles. The van der Waals surface area contributed by atoms with Gasteiger partial charge in [-0.1, -0.05) is 6.92 Å². The minimum atomic E-state index is 0.295. The molecule has 1 saturated carbocycles. The van der Waals surface area contributed by atoms with E-state index in [1.165, 1.54) is 0 Å². The molecule has 2 heteroatoms. The first kappa shape index (κ1) is 10.2. The van der Waals surface area contributed by atoms with Crippen LogP contribution in [0.1, 0.15) is 35.7 Å². The summed E-state index contributed by atoms with van der Waals surface area (Å²) in [5.41, 5.74) is 1.99. The molecule has 2 rings (SSSR count). The normalized spacial score (nSPS) is 15.1. The molecule has 0 bridgehead atoms. The van der Waals surface area contributed by atoms with E-state index >= 15 is 0 Å². The van der Waals surface area contributed by atoms with E-state index in [9.17, 15) is 4.79 Å². The number of methoxy groups -OCH3 is 1. The summed E-state index contributed by atoms with van der Waals surface area (Å²) in [4.78, 5) is 11.9. The minimum Gasteiger partial charge on any atom is -0.497 e. The van der Waals surface area contributed by atoms with Crippen LogP contribution in [0, 0.1) is 5.92 Å². The number of ketones is 1. The second-order valence-corrected chi connectivity index (χ2v) is 4.02. The van der Waals surface area contributed by atoms with Gasteiger partial charge >= 0.3 is 0 Å². The van der Waals surface area contributed by atoms with Crippen LogP contribution < -0.4 is 4.74 Å². The maximum absolute atomic E-state index is 11.9. The molecular formula is C13H16O2. The summed E-state index contributed by atoms with van der Waals surface area (Å²) < 4.78 is 5.16. The minimum absolute atomic E-state index is 0.295. The number of ether oxygens (including phenoxy) is 1. The van der Waals surface area contributed by atoms with Gasteiger partial charge in [-0.3, -0.25) is 4.79 Å². The number of aryl methyl sites for hydroxylation is 1. The van der Waals surface area contributed by atoms with Crippen molar-refractivity contribution in [3.05, 3.63) is 29.3 Å². The monoisotopic (exact) mass is 204 g/mol. The smallest absolute Gasteiger partial charge is 0.166 e. The van der Waals surface area contributed by atoms with Crippen molar-refractivity contribution in [1.82, 2.24) is 0 Å². The number of benzene rings is 1. The Morgan fingerprint density at radius 3 is 2.73 bits per heavy atom. The first-order valence-corrected chi connectivity index (χ1v) is 5.47. The maximum Gasteiger partial charge on any atom is 0.166 e. The summed E-state index contributed by atoms with van der Waals surface area (Å²) in [6, 6.07) is 5.74. The van der Waals surface area contributed by atoms with Gasteiger partial charge in [0, 0.05) is 11.5 Å². The maximum atomic E-state index is 11.9. The molecule has 15 heavy (non-hydrogen) atoms. The van der Waals surface area contributed by atoms with E-state index in [0.717, 1.165) is 36.1 Å². The summed E-state index contributed by atoms with van der Waals surface area (Å²) in [6.07, 6.45) is 3.01. The van der Waals surface area contributed by atoms with Crippen LogP contribution in [-0.2, 0) is 6.42 Å². The topological polar surface area (TPSA) is 26.3 Å². The van der Waals surface area contributed by atoms with E-state index in [1.54, 1.807) is 7.11 Å². The molecule has 1 aromatic rings. The fourth-order valence-corrected chi connectivity index (χ4v) is 1.80. The summed E-state index contributed by atoms with van der Waals surface area (Å²) >= 11 is 0. The van der Waals surface area contributed by atoms with Crippen molar-refractivity contribution in [3.63, 3.8) is 0 Å². The molecule has 1 aliphatic rings. The van der Waals surface area contributed by atoms with Crippen molar-refractivity contribution in [1.29, 1.82) is 0 Å². The van der Waals surface area contributed by atoms with E-state index < -0.39 is 0 Å². The number of carbonyl (C=O) groups is 1. The molecule has 1 fully saturated rings. The lowest BCUT2D eigenvalue weighted by Gasteiger charge is -2.08. The second-order valence-electron chi connectivity index (χ2n) is 4.02. The lowest BCUT2D eigenvalue weighted by Crippen LogP contribution is -2.05. The Morgan fingerprint density at radius 2 is 2.20 bits per heavy atom. The van der Waals surface area contributed by atoms with Gasteiger partial charge in [-0.25, -0.2) is 0 Å². The molecule has 80 valence electrons. The molecule has 0 amide bonds. The fourth-order valence-electron chi connectivity index (χ4n) is 1.80. The summed E-state index contributed by atoms with van der Waals surface area (Å²) in [5.74, 6) is 1.44. The van der Waals surface area contributed by atoms with Crippen molar-refractivity contribution >= 4 is 5.78 Å². The van der Waals surface area contributed by atoms with Crippen LogP contribution >= 0.6 is 0 Å². The van der Waals surface area contributed by atoms with Crippen LogP contribution in [0.15, 0.2) is 18.2 Å². The molecule has 0 aromatic heterocycles. The van der Waals surface area contributed by atoms with E-state index in [4.69, 9.17) is 4.74 Å². The first-order chi connectivity index (χ1) is 7.26. The van der Waals surface area contributed by atoms with Crippen molar-refractivity contribution in [2.24, 2.45) is 5.92 Å². The average Bonchev–Trinajstić information content (AvgIpc) is 3.11. The molecule has 0 radical (unpaired) electrons. The van der Waals surface area contributed by atoms with Crippen LogP contribution in [0.3, 0.4) is 0 Å². The van der Waals surface area contributed by atoms with Gasteiger partial charge in [0.1, 0.15) is 5.75 Å².